The van der Waals surface area contributed by atoms with Crippen LogP contribution in [-0.2, 0) is 6.42 Å². The Hall–Kier alpha value is -0.690. The summed E-state index contributed by atoms with van der Waals surface area (Å²) in [5.41, 5.74) is 2.73. The summed E-state index contributed by atoms with van der Waals surface area (Å²) in [7, 11) is 0. The van der Waals surface area contributed by atoms with E-state index in [2.05, 4.69) is 24.3 Å². The van der Waals surface area contributed by atoms with Crippen LogP contribution in [0.1, 0.15) is 45.2 Å². The lowest BCUT2D eigenvalue weighted by atomic mass is 10.1. The number of fused-ring (bicyclic) bond motifs is 1. The second kappa shape index (κ2) is 7.69. The Kier molecular flexibility index (Phi) is 7.31. The first-order chi connectivity index (χ1) is 6.88. The predicted octanol–water partition coefficient (Wildman–Crippen LogP) is 4.40. The van der Waals surface area contributed by atoms with Gasteiger partial charge >= 0.3 is 0 Å². The van der Waals surface area contributed by atoms with Crippen LogP contribution in [0.3, 0.4) is 0 Å². The summed E-state index contributed by atoms with van der Waals surface area (Å²) in [4.78, 5) is 1.13. The molecule has 1 aliphatic carbocycles. The van der Waals surface area contributed by atoms with Crippen molar-refractivity contribution in [1.82, 2.24) is 0 Å². The van der Waals surface area contributed by atoms with Gasteiger partial charge in [0, 0.05) is 4.86 Å². The minimum absolute atomic E-state index is 1.08. The van der Waals surface area contributed by atoms with E-state index in [9.17, 15) is 0 Å². The van der Waals surface area contributed by atoms with Crippen molar-refractivity contribution in [3.05, 3.63) is 35.4 Å². The van der Waals surface area contributed by atoms with E-state index in [-0.39, 0.29) is 0 Å². The van der Waals surface area contributed by atoms with Crippen molar-refractivity contribution in [2.24, 2.45) is 0 Å². The smallest absolute Gasteiger partial charge is 0.0230 e. The van der Waals surface area contributed by atoms with Gasteiger partial charge in [-0.2, -0.15) is 0 Å². The maximum Gasteiger partial charge on any atom is 0.0230 e. The third-order valence-electron chi connectivity index (χ3n) is 1.94. The fraction of sp³-hybridized carbons (Fsp3) is 0.462. The molecule has 0 atom stereocenters. The number of aryl methyl sites for hydroxylation is 1. The normalized spacial score (nSPS) is 11.9. The predicted molar refractivity (Wildman–Crippen MR) is 69.2 cm³/mol. The van der Waals surface area contributed by atoms with Gasteiger partial charge in [-0.05, 0) is 24.0 Å². The highest BCUT2D eigenvalue weighted by Crippen LogP contribution is 2.21. The van der Waals surface area contributed by atoms with Crippen LogP contribution < -0.4 is 0 Å². The molecular weight excluding hydrogens is 188 g/mol. The lowest BCUT2D eigenvalue weighted by Crippen LogP contribution is -1.86. The lowest BCUT2D eigenvalue weighted by Gasteiger charge is -1.94. The molecule has 14 heavy (non-hydrogen) atoms. The van der Waals surface area contributed by atoms with Gasteiger partial charge in [-0.25, -0.2) is 0 Å². The van der Waals surface area contributed by atoms with Crippen LogP contribution in [0.5, 0.6) is 0 Å². The molecule has 78 valence electrons. The molecule has 0 fully saturated rings. The van der Waals surface area contributed by atoms with Crippen molar-refractivity contribution in [1.29, 1.82) is 0 Å². The third kappa shape index (κ3) is 3.22. The van der Waals surface area contributed by atoms with Crippen LogP contribution in [0.4, 0.5) is 0 Å². The highest BCUT2D eigenvalue weighted by atomic mass is 32.1. The zero-order chi connectivity index (χ0) is 11.0. The fourth-order valence-corrected chi connectivity index (χ4v) is 1.69. The van der Waals surface area contributed by atoms with Gasteiger partial charge < -0.3 is 0 Å². The van der Waals surface area contributed by atoms with Gasteiger partial charge in [-0.3, -0.25) is 0 Å². The molecule has 0 spiro atoms. The van der Waals surface area contributed by atoms with Crippen molar-refractivity contribution in [3.8, 4) is 0 Å². The molecule has 0 saturated heterocycles. The molecule has 1 aromatic rings. The topological polar surface area (TPSA) is 0 Å². The Morgan fingerprint density at radius 1 is 0.929 bits per heavy atom. The molecule has 0 N–H and O–H groups in total. The molecule has 1 aromatic carbocycles. The van der Waals surface area contributed by atoms with Gasteiger partial charge in [-0.1, -0.05) is 64.2 Å². The summed E-state index contributed by atoms with van der Waals surface area (Å²) >= 11 is 5.17. The summed E-state index contributed by atoms with van der Waals surface area (Å²) in [6, 6.07) is 8.41. The van der Waals surface area contributed by atoms with Crippen molar-refractivity contribution in [2.45, 2.75) is 40.5 Å². The van der Waals surface area contributed by atoms with Gasteiger partial charge in [0.1, 0.15) is 0 Å². The molecule has 0 radical (unpaired) electrons. The highest BCUT2D eigenvalue weighted by Gasteiger charge is 2.13. The minimum Gasteiger partial charge on any atom is -0.0842 e. The monoisotopic (exact) mass is 208 g/mol. The molecule has 1 heteroatoms. The Balaban J connectivity index is 0.000000379. The van der Waals surface area contributed by atoms with Gasteiger partial charge in [0.05, 0.1) is 0 Å². The van der Waals surface area contributed by atoms with Crippen LogP contribution in [0, 0.1) is 0 Å². The molecule has 1 aliphatic rings. The maximum absolute atomic E-state index is 5.17. The number of rotatable bonds is 0. The SMILES string of the molecule is CC.CC.S=C1CCc2ccccc21. The Bertz CT molecular complexity index is 276. The van der Waals surface area contributed by atoms with E-state index < -0.39 is 0 Å². The summed E-state index contributed by atoms with van der Waals surface area (Å²) < 4.78 is 0. The van der Waals surface area contributed by atoms with Crippen LogP contribution >= 0.6 is 12.2 Å². The molecule has 0 aliphatic heterocycles. The lowest BCUT2D eigenvalue weighted by molar-refractivity contribution is 1.10. The van der Waals surface area contributed by atoms with E-state index in [1.807, 2.05) is 27.7 Å². The van der Waals surface area contributed by atoms with E-state index in [1.54, 1.807) is 0 Å². The first-order valence-electron chi connectivity index (χ1n) is 5.49. The van der Waals surface area contributed by atoms with Crippen molar-refractivity contribution in [3.63, 3.8) is 0 Å². The number of thiocarbonyl (C=S) groups is 1. The summed E-state index contributed by atoms with van der Waals surface area (Å²) in [6.07, 6.45) is 2.23. The van der Waals surface area contributed by atoms with E-state index >= 15 is 0 Å². The van der Waals surface area contributed by atoms with E-state index in [4.69, 9.17) is 12.2 Å². The molecule has 0 amide bonds. The van der Waals surface area contributed by atoms with Gasteiger partial charge in [0.2, 0.25) is 0 Å². The second-order valence-corrected chi connectivity index (χ2v) is 3.07. The Labute approximate surface area is 93.4 Å². The van der Waals surface area contributed by atoms with Crippen molar-refractivity contribution >= 4 is 17.1 Å². The Morgan fingerprint density at radius 2 is 1.50 bits per heavy atom. The highest BCUT2D eigenvalue weighted by molar-refractivity contribution is 7.80. The molecule has 0 heterocycles. The molecule has 0 bridgehead atoms. The first kappa shape index (κ1) is 13.3. The van der Waals surface area contributed by atoms with Crippen LogP contribution in [-0.4, -0.2) is 4.86 Å². The number of hydrogen-bond donors (Lipinski definition) is 0. The summed E-state index contributed by atoms with van der Waals surface area (Å²) in [5, 5.41) is 0. The van der Waals surface area contributed by atoms with E-state index in [0.29, 0.717) is 0 Å². The zero-order valence-corrected chi connectivity index (χ0v) is 10.4. The molecule has 0 aromatic heterocycles. The number of benzene rings is 1. The van der Waals surface area contributed by atoms with Crippen LogP contribution in [0.2, 0.25) is 0 Å². The molecule has 2 rings (SSSR count). The Morgan fingerprint density at radius 3 is 2.07 bits per heavy atom. The number of hydrogen-bond acceptors (Lipinski definition) is 1. The summed E-state index contributed by atoms with van der Waals surface area (Å²) in [6.45, 7) is 8.00. The van der Waals surface area contributed by atoms with Crippen LogP contribution in [0.15, 0.2) is 24.3 Å². The molecular formula is C13H20S. The van der Waals surface area contributed by atoms with Crippen LogP contribution in [0.25, 0.3) is 0 Å². The molecule has 0 saturated carbocycles. The summed E-state index contributed by atoms with van der Waals surface area (Å²) in [5.74, 6) is 0. The van der Waals surface area contributed by atoms with Gasteiger partial charge in [0.25, 0.3) is 0 Å². The largest absolute Gasteiger partial charge is 0.0842 e. The second-order valence-electron chi connectivity index (χ2n) is 2.58. The maximum atomic E-state index is 5.17. The molecule has 0 unspecified atom stereocenters. The quantitative estimate of drug-likeness (QED) is 0.569. The van der Waals surface area contributed by atoms with Crippen molar-refractivity contribution in [2.75, 3.05) is 0 Å². The van der Waals surface area contributed by atoms with Crippen molar-refractivity contribution < 1.29 is 0 Å². The zero-order valence-electron chi connectivity index (χ0n) is 9.63. The van der Waals surface area contributed by atoms with E-state index in [1.165, 1.54) is 11.1 Å². The standard InChI is InChI=1S/C9H8S.2C2H6/c10-9-6-5-7-3-1-2-4-8(7)9;2*1-2/h1-4H,5-6H2;2*1-2H3. The van der Waals surface area contributed by atoms with E-state index in [0.717, 1.165) is 17.7 Å². The third-order valence-corrected chi connectivity index (χ3v) is 2.36. The first-order valence-corrected chi connectivity index (χ1v) is 5.90. The van der Waals surface area contributed by atoms with Gasteiger partial charge in [0.15, 0.2) is 0 Å². The minimum atomic E-state index is 1.08. The average Bonchev–Trinajstić information content (AvgIpc) is 2.67. The van der Waals surface area contributed by atoms with Gasteiger partial charge in [-0.15, -0.1) is 0 Å². The molecule has 0 nitrogen and oxygen atoms in total. The fourth-order valence-electron chi connectivity index (χ4n) is 1.39. The average molecular weight is 208 g/mol.